The number of para-hydroxylation sites is 1. The van der Waals surface area contributed by atoms with Crippen LogP contribution >= 0.6 is 0 Å². The summed E-state index contributed by atoms with van der Waals surface area (Å²) < 4.78 is 5.73. The highest BCUT2D eigenvalue weighted by Crippen LogP contribution is 2.13. The predicted molar refractivity (Wildman–Crippen MR) is 103 cm³/mol. The highest BCUT2D eigenvalue weighted by Gasteiger charge is 1.99. The first-order valence-corrected chi connectivity index (χ1v) is 8.21. The van der Waals surface area contributed by atoms with E-state index in [1.165, 1.54) is 0 Å². The zero-order chi connectivity index (χ0) is 18.0. The van der Waals surface area contributed by atoms with Gasteiger partial charge in [0.25, 0.3) is 0 Å². The number of nitrogens with zero attached hydrogens (tertiary/aromatic N) is 1. The number of rotatable bonds is 6. The standard InChI is InChI=1S/C21H19N3O2/c25-21(23-19-9-5-2-6-10-19)24-22-15-17-11-13-20(14-12-17)26-16-18-7-3-1-4-8-18/h1-15H,16H2,(H2,23,24,25)/b22-15-. The molecular weight excluding hydrogens is 326 g/mol. The van der Waals surface area contributed by atoms with Gasteiger partial charge in [-0.3, -0.25) is 0 Å². The van der Waals surface area contributed by atoms with Gasteiger partial charge in [0.2, 0.25) is 0 Å². The van der Waals surface area contributed by atoms with E-state index < -0.39 is 6.03 Å². The molecule has 0 fully saturated rings. The van der Waals surface area contributed by atoms with E-state index in [9.17, 15) is 4.79 Å². The van der Waals surface area contributed by atoms with Crippen molar-refractivity contribution in [2.45, 2.75) is 6.61 Å². The number of carbonyl (C=O) groups excluding carboxylic acids is 1. The summed E-state index contributed by atoms with van der Waals surface area (Å²) >= 11 is 0. The Kier molecular flexibility index (Phi) is 5.99. The van der Waals surface area contributed by atoms with Crippen molar-refractivity contribution in [3.63, 3.8) is 0 Å². The third-order valence-corrected chi connectivity index (χ3v) is 3.54. The minimum Gasteiger partial charge on any atom is -0.489 e. The van der Waals surface area contributed by atoms with E-state index in [4.69, 9.17) is 4.74 Å². The Labute approximate surface area is 152 Å². The number of carbonyl (C=O) groups is 1. The fourth-order valence-electron chi connectivity index (χ4n) is 2.24. The number of nitrogens with one attached hydrogen (secondary N) is 2. The number of ether oxygens (including phenoxy) is 1. The Morgan fingerprint density at radius 3 is 2.23 bits per heavy atom. The van der Waals surface area contributed by atoms with Gasteiger partial charge < -0.3 is 10.1 Å². The van der Waals surface area contributed by atoms with Crippen LogP contribution in [0.3, 0.4) is 0 Å². The number of benzene rings is 3. The van der Waals surface area contributed by atoms with E-state index in [-0.39, 0.29) is 0 Å². The van der Waals surface area contributed by atoms with E-state index in [0.717, 1.165) is 16.9 Å². The maximum Gasteiger partial charge on any atom is 0.339 e. The molecule has 3 aromatic carbocycles. The molecule has 26 heavy (non-hydrogen) atoms. The van der Waals surface area contributed by atoms with E-state index in [2.05, 4.69) is 15.8 Å². The Hall–Kier alpha value is -3.60. The van der Waals surface area contributed by atoms with Gasteiger partial charge in [0.1, 0.15) is 12.4 Å². The van der Waals surface area contributed by atoms with Gasteiger partial charge in [-0.1, -0.05) is 48.5 Å². The van der Waals surface area contributed by atoms with Crippen LogP contribution in [0.15, 0.2) is 90.0 Å². The molecule has 0 unspecified atom stereocenters. The lowest BCUT2D eigenvalue weighted by atomic mass is 10.2. The first-order valence-electron chi connectivity index (χ1n) is 8.21. The molecule has 3 rings (SSSR count). The average Bonchev–Trinajstić information content (AvgIpc) is 2.69. The predicted octanol–water partition coefficient (Wildman–Crippen LogP) is 4.42. The first-order chi connectivity index (χ1) is 12.8. The number of urea groups is 1. The lowest BCUT2D eigenvalue weighted by molar-refractivity contribution is 0.252. The smallest absolute Gasteiger partial charge is 0.339 e. The summed E-state index contributed by atoms with van der Waals surface area (Å²) in [5.41, 5.74) is 5.11. The molecule has 0 aliphatic rings. The second-order valence-corrected chi connectivity index (χ2v) is 5.53. The van der Waals surface area contributed by atoms with Crippen molar-refractivity contribution in [2.24, 2.45) is 5.10 Å². The van der Waals surface area contributed by atoms with Crippen LogP contribution in [-0.2, 0) is 6.61 Å². The minimum atomic E-state index is -0.393. The fourth-order valence-corrected chi connectivity index (χ4v) is 2.24. The topological polar surface area (TPSA) is 62.7 Å². The second kappa shape index (κ2) is 9.03. The number of hydrogen-bond donors (Lipinski definition) is 2. The van der Waals surface area contributed by atoms with Crippen molar-refractivity contribution in [3.05, 3.63) is 96.1 Å². The molecule has 0 atom stereocenters. The van der Waals surface area contributed by atoms with Crippen LogP contribution in [-0.4, -0.2) is 12.2 Å². The van der Waals surface area contributed by atoms with E-state index >= 15 is 0 Å². The summed E-state index contributed by atoms with van der Waals surface area (Å²) in [7, 11) is 0. The average molecular weight is 345 g/mol. The van der Waals surface area contributed by atoms with Gasteiger partial charge in [0.15, 0.2) is 0 Å². The molecule has 0 aliphatic carbocycles. The molecule has 5 heteroatoms. The van der Waals surface area contributed by atoms with Crippen LogP contribution in [0.25, 0.3) is 0 Å². The van der Waals surface area contributed by atoms with E-state index in [1.54, 1.807) is 18.3 Å². The molecule has 0 radical (unpaired) electrons. The van der Waals surface area contributed by atoms with Crippen LogP contribution in [0, 0.1) is 0 Å². The van der Waals surface area contributed by atoms with Crippen LogP contribution < -0.4 is 15.5 Å². The zero-order valence-corrected chi connectivity index (χ0v) is 14.1. The Bertz CT molecular complexity index is 847. The summed E-state index contributed by atoms with van der Waals surface area (Å²) in [5.74, 6) is 0.779. The van der Waals surface area contributed by atoms with Crippen LogP contribution in [0.1, 0.15) is 11.1 Å². The maximum absolute atomic E-state index is 11.7. The second-order valence-electron chi connectivity index (χ2n) is 5.53. The molecule has 3 aromatic rings. The van der Waals surface area contributed by atoms with Crippen molar-refractivity contribution >= 4 is 17.9 Å². The zero-order valence-electron chi connectivity index (χ0n) is 14.1. The molecule has 130 valence electrons. The number of anilines is 1. The molecule has 5 nitrogen and oxygen atoms in total. The fraction of sp³-hybridized carbons (Fsp3) is 0.0476. The van der Waals surface area contributed by atoms with Gasteiger partial charge in [-0.05, 0) is 47.5 Å². The highest BCUT2D eigenvalue weighted by atomic mass is 16.5. The van der Waals surface area contributed by atoms with Gasteiger partial charge >= 0.3 is 6.03 Å². The van der Waals surface area contributed by atoms with E-state index in [0.29, 0.717) is 12.3 Å². The van der Waals surface area contributed by atoms with Gasteiger partial charge in [-0.15, -0.1) is 0 Å². The summed E-state index contributed by atoms with van der Waals surface area (Å²) in [4.78, 5) is 11.7. The van der Waals surface area contributed by atoms with Crippen molar-refractivity contribution in [2.75, 3.05) is 5.32 Å². The normalized spacial score (nSPS) is 10.5. The quantitative estimate of drug-likeness (QED) is 0.513. The lowest BCUT2D eigenvalue weighted by Crippen LogP contribution is -2.24. The minimum absolute atomic E-state index is 0.393. The highest BCUT2D eigenvalue weighted by molar-refractivity contribution is 5.90. The van der Waals surface area contributed by atoms with Crippen molar-refractivity contribution in [1.82, 2.24) is 5.43 Å². The molecule has 0 aliphatic heterocycles. The maximum atomic E-state index is 11.7. The SMILES string of the molecule is O=C(N/N=C\c1ccc(OCc2ccccc2)cc1)Nc1ccccc1. The molecule has 0 aromatic heterocycles. The first kappa shape index (κ1) is 17.2. The largest absolute Gasteiger partial charge is 0.489 e. The number of hydrogen-bond acceptors (Lipinski definition) is 3. The summed E-state index contributed by atoms with van der Waals surface area (Å²) in [6, 6.07) is 26.3. The molecular formula is C21H19N3O2. The molecule has 0 bridgehead atoms. The van der Waals surface area contributed by atoms with Gasteiger partial charge in [-0.2, -0.15) is 5.10 Å². The Morgan fingerprint density at radius 1 is 0.885 bits per heavy atom. The molecule has 0 saturated carbocycles. The Balaban J connectivity index is 1.46. The van der Waals surface area contributed by atoms with Crippen LogP contribution in [0.2, 0.25) is 0 Å². The molecule has 0 spiro atoms. The van der Waals surface area contributed by atoms with Crippen LogP contribution in [0.5, 0.6) is 5.75 Å². The third-order valence-electron chi connectivity index (χ3n) is 3.54. The lowest BCUT2D eigenvalue weighted by Gasteiger charge is -2.06. The third kappa shape index (κ3) is 5.49. The van der Waals surface area contributed by atoms with Crippen molar-refractivity contribution < 1.29 is 9.53 Å². The summed E-state index contributed by atoms with van der Waals surface area (Å²) in [6.45, 7) is 0.523. The molecule has 2 amide bonds. The summed E-state index contributed by atoms with van der Waals surface area (Å²) in [6.07, 6.45) is 1.57. The van der Waals surface area contributed by atoms with Crippen molar-refractivity contribution in [1.29, 1.82) is 0 Å². The summed E-state index contributed by atoms with van der Waals surface area (Å²) in [5, 5.41) is 6.62. The van der Waals surface area contributed by atoms with E-state index in [1.807, 2.05) is 72.8 Å². The number of amides is 2. The monoisotopic (exact) mass is 345 g/mol. The molecule has 2 N–H and O–H groups in total. The van der Waals surface area contributed by atoms with Crippen LogP contribution in [0.4, 0.5) is 10.5 Å². The van der Waals surface area contributed by atoms with Gasteiger partial charge in [0, 0.05) is 5.69 Å². The van der Waals surface area contributed by atoms with Gasteiger partial charge in [0.05, 0.1) is 6.21 Å². The molecule has 0 heterocycles. The molecule has 0 saturated heterocycles. The van der Waals surface area contributed by atoms with Gasteiger partial charge in [-0.25, -0.2) is 10.2 Å². The van der Waals surface area contributed by atoms with Crippen molar-refractivity contribution in [3.8, 4) is 5.75 Å². The number of hydrazone groups is 1. The Morgan fingerprint density at radius 2 is 1.54 bits per heavy atom.